The van der Waals surface area contributed by atoms with Crippen LogP contribution in [0.4, 0.5) is 0 Å². The number of aldehydes is 1. The van der Waals surface area contributed by atoms with Gasteiger partial charge in [-0.05, 0) is 69.5 Å². The summed E-state index contributed by atoms with van der Waals surface area (Å²) in [5.41, 5.74) is 1.94. The molecule has 1 fully saturated rings. The minimum absolute atomic E-state index is 0.0106. The van der Waals surface area contributed by atoms with E-state index in [4.69, 9.17) is 4.42 Å². The van der Waals surface area contributed by atoms with Crippen molar-refractivity contribution in [3.05, 3.63) is 54.1 Å². The normalized spacial score (nSPS) is 20.8. The molecule has 2 aromatic carbocycles. The van der Waals surface area contributed by atoms with Crippen molar-refractivity contribution < 1.29 is 19.1 Å². The molecule has 2 atom stereocenters. The van der Waals surface area contributed by atoms with E-state index in [0.717, 1.165) is 29.4 Å². The zero-order valence-corrected chi connectivity index (χ0v) is 19.4. The van der Waals surface area contributed by atoms with E-state index in [-0.39, 0.29) is 18.6 Å². The van der Waals surface area contributed by atoms with Gasteiger partial charge in [-0.15, -0.1) is 0 Å². The van der Waals surface area contributed by atoms with Gasteiger partial charge < -0.3 is 24.5 Å². The Balaban J connectivity index is 1.43. The van der Waals surface area contributed by atoms with Crippen molar-refractivity contribution in [1.29, 1.82) is 0 Å². The predicted molar refractivity (Wildman–Crippen MR) is 127 cm³/mol. The Morgan fingerprint density at radius 3 is 2.67 bits per heavy atom. The van der Waals surface area contributed by atoms with Gasteiger partial charge >= 0.3 is 0 Å². The number of amides is 1. The zero-order chi connectivity index (χ0) is 23.6. The molecule has 3 aromatic rings. The smallest absolute Gasteiger partial charge is 0.253 e. The predicted octanol–water partition coefficient (Wildman–Crippen LogP) is 3.67. The van der Waals surface area contributed by atoms with Gasteiger partial charge in [-0.2, -0.15) is 0 Å². The van der Waals surface area contributed by atoms with E-state index < -0.39 is 11.0 Å². The maximum Gasteiger partial charge on any atom is 0.253 e. The average Bonchev–Trinajstić information content (AvgIpc) is 3.47. The molecule has 0 aliphatic heterocycles. The maximum absolute atomic E-state index is 13.1. The third-order valence-corrected chi connectivity index (χ3v) is 6.72. The van der Waals surface area contributed by atoms with Gasteiger partial charge in [-0.3, -0.25) is 4.79 Å². The topological polar surface area (TPSA) is 95.7 Å². The Hall–Kier alpha value is -3.03. The highest BCUT2D eigenvalue weighted by atomic mass is 16.3. The second kappa shape index (κ2) is 9.08. The first-order valence-electron chi connectivity index (χ1n) is 11.3. The summed E-state index contributed by atoms with van der Waals surface area (Å²) in [6.45, 7) is 4.28. The molecule has 0 spiro atoms. The number of para-hydroxylation sites is 2. The van der Waals surface area contributed by atoms with Gasteiger partial charge in [-0.25, -0.2) is 4.98 Å². The Morgan fingerprint density at radius 1 is 1.27 bits per heavy atom. The highest BCUT2D eigenvalue weighted by Crippen LogP contribution is 2.39. The van der Waals surface area contributed by atoms with Gasteiger partial charge in [0.15, 0.2) is 5.58 Å². The van der Waals surface area contributed by atoms with Crippen molar-refractivity contribution in [3.63, 3.8) is 0 Å². The summed E-state index contributed by atoms with van der Waals surface area (Å²) >= 11 is 0. The monoisotopic (exact) mass is 449 g/mol. The number of aliphatic hydroxyl groups is 1. The van der Waals surface area contributed by atoms with Crippen LogP contribution in [0.25, 0.3) is 22.6 Å². The molecule has 2 unspecified atom stereocenters. The molecule has 2 N–H and O–H groups in total. The summed E-state index contributed by atoms with van der Waals surface area (Å²) < 4.78 is 5.81. The van der Waals surface area contributed by atoms with Crippen molar-refractivity contribution in [2.75, 3.05) is 20.2 Å². The van der Waals surface area contributed by atoms with Crippen molar-refractivity contribution >= 4 is 23.3 Å². The number of oxazole rings is 1. The first kappa shape index (κ1) is 23.1. The number of nitrogens with one attached hydrogen (secondary N) is 1. The molecule has 0 saturated heterocycles. The third kappa shape index (κ3) is 4.84. The fraction of sp³-hybridized carbons (Fsp3) is 0.423. The van der Waals surface area contributed by atoms with Crippen LogP contribution < -0.4 is 5.32 Å². The van der Waals surface area contributed by atoms with E-state index in [2.05, 4.69) is 10.3 Å². The highest BCUT2D eigenvalue weighted by Gasteiger charge is 2.42. The number of fused-ring (bicyclic) bond motifs is 1. The molecule has 0 radical (unpaired) electrons. The second-order valence-electron chi connectivity index (χ2n) is 9.75. The number of carbonyl (C=O) groups excluding carboxylic acids is 2. The lowest BCUT2D eigenvalue weighted by Gasteiger charge is -2.31. The van der Waals surface area contributed by atoms with Crippen LogP contribution in [0, 0.1) is 5.41 Å². The molecule has 7 nitrogen and oxygen atoms in total. The first-order valence-corrected chi connectivity index (χ1v) is 11.3. The van der Waals surface area contributed by atoms with Gasteiger partial charge in [-0.1, -0.05) is 12.1 Å². The van der Waals surface area contributed by atoms with Crippen LogP contribution >= 0.6 is 0 Å². The molecule has 7 heteroatoms. The molecule has 33 heavy (non-hydrogen) atoms. The lowest BCUT2D eigenvalue weighted by atomic mass is 9.86. The molecule has 1 aliphatic rings. The fourth-order valence-electron chi connectivity index (χ4n) is 4.36. The Morgan fingerprint density at radius 2 is 2.00 bits per heavy atom. The SMILES string of the molecule is CN(C(=O)c1ccc(-c2nc3ccccc3o2)cc1)C1CCC(C=O)(CNC(C)(C)CO)C1. The van der Waals surface area contributed by atoms with Gasteiger partial charge in [0.1, 0.15) is 11.8 Å². The number of aromatic nitrogens is 1. The Kier molecular flexibility index (Phi) is 6.36. The molecular weight excluding hydrogens is 418 g/mol. The van der Waals surface area contributed by atoms with E-state index in [1.807, 2.05) is 50.2 Å². The fourth-order valence-corrected chi connectivity index (χ4v) is 4.36. The van der Waals surface area contributed by atoms with Crippen molar-refractivity contribution in [2.24, 2.45) is 5.41 Å². The maximum atomic E-state index is 13.1. The molecule has 4 rings (SSSR count). The summed E-state index contributed by atoms with van der Waals surface area (Å²) in [7, 11) is 1.80. The Labute approximate surface area is 193 Å². The van der Waals surface area contributed by atoms with E-state index >= 15 is 0 Å². The number of carbonyl (C=O) groups is 2. The molecule has 1 saturated carbocycles. The second-order valence-corrected chi connectivity index (χ2v) is 9.75. The van der Waals surface area contributed by atoms with Gasteiger partial charge in [0.2, 0.25) is 5.89 Å². The molecule has 1 aliphatic carbocycles. The zero-order valence-electron chi connectivity index (χ0n) is 19.4. The standard InChI is InChI=1S/C26H31N3O4/c1-25(2,16-30)27-15-26(17-31)13-12-20(14-26)29(3)24(32)19-10-8-18(9-11-19)23-28-21-6-4-5-7-22(21)33-23/h4-11,17,20,27,30H,12-16H2,1-3H3. The van der Waals surface area contributed by atoms with Crippen molar-refractivity contribution in [2.45, 2.75) is 44.7 Å². The molecule has 1 aromatic heterocycles. The number of rotatable bonds is 8. The van der Waals surface area contributed by atoms with Crippen LogP contribution in [0.5, 0.6) is 0 Å². The van der Waals surface area contributed by atoms with E-state index in [1.165, 1.54) is 0 Å². The third-order valence-electron chi connectivity index (χ3n) is 6.72. The van der Waals surface area contributed by atoms with Crippen LogP contribution in [0.1, 0.15) is 43.5 Å². The molecular formula is C26H31N3O4. The quantitative estimate of drug-likeness (QED) is 0.510. The summed E-state index contributed by atoms with van der Waals surface area (Å²) in [5, 5.41) is 12.8. The number of aliphatic hydroxyl groups excluding tert-OH is 1. The van der Waals surface area contributed by atoms with Crippen molar-refractivity contribution in [3.8, 4) is 11.5 Å². The number of hydrogen-bond acceptors (Lipinski definition) is 6. The van der Waals surface area contributed by atoms with Crippen molar-refractivity contribution in [1.82, 2.24) is 15.2 Å². The van der Waals surface area contributed by atoms with Gasteiger partial charge in [0.05, 0.1) is 6.61 Å². The minimum atomic E-state index is -0.525. The number of nitrogens with zero attached hydrogens (tertiary/aromatic N) is 2. The van der Waals surface area contributed by atoms with E-state index in [9.17, 15) is 14.7 Å². The van der Waals surface area contributed by atoms with Crippen LogP contribution in [-0.4, -0.2) is 59.0 Å². The summed E-state index contributed by atoms with van der Waals surface area (Å²) in [5.74, 6) is 0.447. The van der Waals surface area contributed by atoms with Crippen LogP contribution in [-0.2, 0) is 4.79 Å². The van der Waals surface area contributed by atoms with Crippen LogP contribution in [0.2, 0.25) is 0 Å². The lowest BCUT2D eigenvalue weighted by Crippen LogP contribution is -2.48. The largest absolute Gasteiger partial charge is 0.436 e. The van der Waals surface area contributed by atoms with E-state index in [1.54, 1.807) is 24.1 Å². The Bertz CT molecular complexity index is 1100. The highest BCUT2D eigenvalue weighted by molar-refractivity contribution is 5.94. The number of benzene rings is 2. The summed E-state index contributed by atoms with van der Waals surface area (Å²) in [6, 6.07) is 14.8. The summed E-state index contributed by atoms with van der Waals surface area (Å²) in [6.07, 6.45) is 3.10. The molecule has 0 bridgehead atoms. The van der Waals surface area contributed by atoms with Crippen LogP contribution in [0.15, 0.2) is 52.9 Å². The molecule has 174 valence electrons. The van der Waals surface area contributed by atoms with Gasteiger partial charge in [0.25, 0.3) is 5.91 Å². The van der Waals surface area contributed by atoms with Gasteiger partial charge in [0, 0.05) is 41.7 Å². The molecule has 1 heterocycles. The summed E-state index contributed by atoms with van der Waals surface area (Å²) in [4.78, 5) is 31.3. The lowest BCUT2D eigenvalue weighted by molar-refractivity contribution is -0.116. The molecule has 1 amide bonds. The van der Waals surface area contributed by atoms with Crippen LogP contribution in [0.3, 0.4) is 0 Å². The minimum Gasteiger partial charge on any atom is -0.436 e. The number of hydrogen-bond donors (Lipinski definition) is 2. The average molecular weight is 450 g/mol. The van der Waals surface area contributed by atoms with E-state index in [0.29, 0.717) is 30.8 Å². The first-order chi connectivity index (χ1) is 15.8.